The van der Waals surface area contributed by atoms with Gasteiger partial charge in [-0.3, -0.25) is 4.79 Å². The van der Waals surface area contributed by atoms with Gasteiger partial charge in [0.15, 0.2) is 5.76 Å². The second-order valence-corrected chi connectivity index (χ2v) is 6.06. The molecule has 1 heterocycles. The Morgan fingerprint density at radius 2 is 1.83 bits per heavy atom. The number of aromatic nitrogens is 1. The number of hydrogen-bond donors (Lipinski definition) is 1. The lowest BCUT2D eigenvalue weighted by Gasteiger charge is -2.04. The highest BCUT2D eigenvalue weighted by molar-refractivity contribution is 6.30. The lowest BCUT2D eigenvalue weighted by atomic mass is 10.1. The van der Waals surface area contributed by atoms with E-state index in [1.54, 1.807) is 18.2 Å². The van der Waals surface area contributed by atoms with E-state index in [-0.39, 0.29) is 12.3 Å². The summed E-state index contributed by atoms with van der Waals surface area (Å²) in [5.74, 6) is 0.527. The third-order valence-corrected chi connectivity index (χ3v) is 3.89. The van der Waals surface area contributed by atoms with Crippen molar-refractivity contribution in [1.82, 2.24) is 10.5 Å². The van der Waals surface area contributed by atoms with Gasteiger partial charge in [0.1, 0.15) is 0 Å². The summed E-state index contributed by atoms with van der Waals surface area (Å²) < 4.78 is 5.29. The molecule has 0 spiro atoms. The number of hydrogen-bond acceptors (Lipinski definition) is 3. The quantitative estimate of drug-likeness (QED) is 0.758. The Bertz CT molecular complexity index is 823. The van der Waals surface area contributed by atoms with Crippen LogP contribution in [0.2, 0.25) is 5.02 Å². The number of nitrogens with one attached hydrogen (secondary N) is 1. The molecule has 0 aliphatic heterocycles. The number of aryl methyl sites for hydroxylation is 1. The molecule has 0 aliphatic carbocycles. The van der Waals surface area contributed by atoms with E-state index >= 15 is 0 Å². The molecule has 5 heteroatoms. The summed E-state index contributed by atoms with van der Waals surface area (Å²) in [6, 6.07) is 17.1. The van der Waals surface area contributed by atoms with E-state index in [4.69, 9.17) is 16.1 Å². The minimum atomic E-state index is -0.0912. The fourth-order valence-electron chi connectivity index (χ4n) is 2.28. The first kappa shape index (κ1) is 16.3. The van der Waals surface area contributed by atoms with Gasteiger partial charge in [-0.1, -0.05) is 46.6 Å². The van der Waals surface area contributed by atoms with Gasteiger partial charge in [-0.2, -0.15) is 0 Å². The number of rotatable bonds is 5. The van der Waals surface area contributed by atoms with Crippen molar-refractivity contribution in [2.24, 2.45) is 0 Å². The van der Waals surface area contributed by atoms with Gasteiger partial charge in [0.2, 0.25) is 5.91 Å². The average Bonchev–Trinajstić information content (AvgIpc) is 3.03. The van der Waals surface area contributed by atoms with Crippen LogP contribution in [0.25, 0.3) is 11.3 Å². The van der Waals surface area contributed by atoms with Crippen LogP contribution in [0.1, 0.15) is 16.8 Å². The lowest BCUT2D eigenvalue weighted by molar-refractivity contribution is -0.120. The van der Waals surface area contributed by atoms with Gasteiger partial charge in [-0.05, 0) is 36.8 Å². The van der Waals surface area contributed by atoms with Crippen molar-refractivity contribution in [2.75, 3.05) is 0 Å². The maximum absolute atomic E-state index is 12.0. The minimum absolute atomic E-state index is 0.0912. The van der Waals surface area contributed by atoms with Crippen LogP contribution in [0.15, 0.2) is 59.1 Å². The largest absolute Gasteiger partial charge is 0.356 e. The van der Waals surface area contributed by atoms with Crippen LogP contribution in [-0.4, -0.2) is 11.1 Å². The Morgan fingerprint density at radius 1 is 1.12 bits per heavy atom. The maximum Gasteiger partial charge on any atom is 0.226 e. The molecule has 0 unspecified atom stereocenters. The second-order valence-electron chi connectivity index (χ2n) is 5.63. The Morgan fingerprint density at radius 3 is 2.54 bits per heavy atom. The van der Waals surface area contributed by atoms with Crippen molar-refractivity contribution in [3.8, 4) is 11.3 Å². The van der Waals surface area contributed by atoms with Gasteiger partial charge in [0, 0.05) is 23.2 Å². The summed E-state index contributed by atoms with van der Waals surface area (Å²) in [7, 11) is 0. The molecule has 24 heavy (non-hydrogen) atoms. The molecule has 0 atom stereocenters. The molecule has 0 aliphatic rings. The van der Waals surface area contributed by atoms with E-state index in [1.165, 1.54) is 5.56 Å². The van der Waals surface area contributed by atoms with Crippen LogP contribution in [0, 0.1) is 6.92 Å². The molecule has 1 N–H and O–H groups in total. The molecule has 1 amide bonds. The molecular formula is C19H17ClN2O2. The molecule has 0 saturated carbocycles. The highest BCUT2D eigenvalue weighted by Gasteiger charge is 2.10. The highest BCUT2D eigenvalue weighted by atomic mass is 35.5. The van der Waals surface area contributed by atoms with Crippen molar-refractivity contribution in [3.05, 3.63) is 76.4 Å². The van der Waals surface area contributed by atoms with E-state index < -0.39 is 0 Å². The number of carbonyl (C=O) groups excluding carboxylic acids is 1. The van der Waals surface area contributed by atoms with Crippen LogP contribution >= 0.6 is 11.6 Å². The van der Waals surface area contributed by atoms with Gasteiger partial charge in [0.25, 0.3) is 0 Å². The summed E-state index contributed by atoms with van der Waals surface area (Å²) in [4.78, 5) is 12.0. The maximum atomic E-state index is 12.0. The fourth-order valence-corrected chi connectivity index (χ4v) is 2.40. The van der Waals surface area contributed by atoms with Crippen molar-refractivity contribution in [1.29, 1.82) is 0 Å². The summed E-state index contributed by atoms with van der Waals surface area (Å²) in [5.41, 5.74) is 3.73. The van der Waals surface area contributed by atoms with Crippen LogP contribution in [-0.2, 0) is 17.8 Å². The molecule has 4 nitrogen and oxygen atoms in total. The first-order valence-electron chi connectivity index (χ1n) is 7.64. The Kier molecular flexibility index (Phi) is 4.96. The Hall–Kier alpha value is -2.59. The van der Waals surface area contributed by atoms with Gasteiger partial charge in [-0.15, -0.1) is 0 Å². The van der Waals surface area contributed by atoms with E-state index in [1.807, 2.05) is 43.3 Å². The first-order chi connectivity index (χ1) is 11.6. The molecule has 3 aromatic rings. The van der Waals surface area contributed by atoms with Gasteiger partial charge >= 0.3 is 0 Å². The van der Waals surface area contributed by atoms with E-state index in [0.717, 1.165) is 11.1 Å². The SMILES string of the molecule is Cc1ccc(CNC(=O)Cc2cc(-c3ccc(Cl)cc3)on2)cc1. The Balaban J connectivity index is 1.57. The predicted molar refractivity (Wildman–Crippen MR) is 93.7 cm³/mol. The predicted octanol–water partition coefficient (Wildman–Crippen LogP) is 4.16. The zero-order valence-corrected chi connectivity index (χ0v) is 14.0. The molecule has 0 bridgehead atoms. The summed E-state index contributed by atoms with van der Waals surface area (Å²) in [6.07, 6.45) is 0.183. The zero-order chi connectivity index (χ0) is 16.9. The molecule has 122 valence electrons. The third kappa shape index (κ3) is 4.24. The standard InChI is InChI=1S/C19H17ClN2O2/c1-13-2-4-14(5-3-13)12-21-19(23)11-17-10-18(24-22-17)15-6-8-16(20)9-7-15/h2-10H,11-12H2,1H3,(H,21,23). The topological polar surface area (TPSA) is 55.1 Å². The van der Waals surface area contributed by atoms with Crippen LogP contribution < -0.4 is 5.32 Å². The van der Waals surface area contributed by atoms with Crippen LogP contribution in [0.3, 0.4) is 0 Å². The minimum Gasteiger partial charge on any atom is -0.356 e. The van der Waals surface area contributed by atoms with Crippen molar-refractivity contribution in [3.63, 3.8) is 0 Å². The van der Waals surface area contributed by atoms with E-state index in [2.05, 4.69) is 10.5 Å². The molecule has 0 fully saturated rings. The monoisotopic (exact) mass is 340 g/mol. The second kappa shape index (κ2) is 7.32. The van der Waals surface area contributed by atoms with Crippen molar-refractivity contribution in [2.45, 2.75) is 19.9 Å². The number of amides is 1. The first-order valence-corrected chi connectivity index (χ1v) is 8.02. The third-order valence-electron chi connectivity index (χ3n) is 3.64. The molecular weight excluding hydrogens is 324 g/mol. The zero-order valence-electron chi connectivity index (χ0n) is 13.3. The van der Waals surface area contributed by atoms with Crippen LogP contribution in [0.4, 0.5) is 0 Å². The average molecular weight is 341 g/mol. The molecule has 2 aromatic carbocycles. The normalized spacial score (nSPS) is 10.6. The van der Waals surface area contributed by atoms with Crippen molar-refractivity contribution < 1.29 is 9.32 Å². The molecule has 1 aromatic heterocycles. The smallest absolute Gasteiger partial charge is 0.226 e. The number of benzene rings is 2. The summed E-state index contributed by atoms with van der Waals surface area (Å²) in [6.45, 7) is 2.53. The summed E-state index contributed by atoms with van der Waals surface area (Å²) in [5, 5.41) is 7.50. The molecule has 0 saturated heterocycles. The van der Waals surface area contributed by atoms with Gasteiger partial charge in [-0.25, -0.2) is 0 Å². The van der Waals surface area contributed by atoms with E-state index in [9.17, 15) is 4.79 Å². The Labute approximate surface area is 145 Å². The lowest BCUT2D eigenvalue weighted by Crippen LogP contribution is -2.24. The van der Waals surface area contributed by atoms with Crippen molar-refractivity contribution >= 4 is 17.5 Å². The fraction of sp³-hybridized carbons (Fsp3) is 0.158. The number of carbonyl (C=O) groups is 1. The molecule has 3 rings (SSSR count). The molecule has 0 radical (unpaired) electrons. The van der Waals surface area contributed by atoms with Crippen LogP contribution in [0.5, 0.6) is 0 Å². The van der Waals surface area contributed by atoms with Gasteiger partial charge in [0.05, 0.1) is 12.1 Å². The number of halogens is 1. The van der Waals surface area contributed by atoms with E-state index in [0.29, 0.717) is 23.0 Å². The highest BCUT2D eigenvalue weighted by Crippen LogP contribution is 2.22. The van der Waals surface area contributed by atoms with Gasteiger partial charge < -0.3 is 9.84 Å². The summed E-state index contributed by atoms with van der Waals surface area (Å²) >= 11 is 5.87. The number of nitrogens with zero attached hydrogens (tertiary/aromatic N) is 1.